The molecule has 0 saturated heterocycles. The quantitative estimate of drug-likeness (QED) is 0.824. The number of furan rings is 1. The number of hydrogen-bond donors (Lipinski definition) is 2. The summed E-state index contributed by atoms with van der Waals surface area (Å²) >= 11 is 4.88. The number of thiocarbonyl (C=S) groups is 1. The largest absolute Gasteiger partial charge is 0.468 e. The lowest BCUT2D eigenvalue weighted by atomic mass is 10.1. The molecule has 5 nitrogen and oxygen atoms in total. The van der Waals surface area contributed by atoms with Crippen LogP contribution in [0.3, 0.4) is 0 Å². The molecule has 1 aromatic carbocycles. The van der Waals surface area contributed by atoms with Crippen LogP contribution in [-0.2, 0) is 10.0 Å². The predicted octanol–water partition coefficient (Wildman–Crippen LogP) is 2.26. The number of nitrogens with two attached hydrogens (primary N) is 1. The molecule has 2 aromatic rings. The lowest BCUT2D eigenvalue weighted by molar-refractivity contribution is 0.459. The monoisotopic (exact) mass is 324 g/mol. The first kappa shape index (κ1) is 15.7. The summed E-state index contributed by atoms with van der Waals surface area (Å²) in [4.78, 5) is 0.430. The summed E-state index contributed by atoms with van der Waals surface area (Å²) in [5.74, 6) is 0.552. The number of benzene rings is 1. The summed E-state index contributed by atoms with van der Waals surface area (Å²) in [6.07, 6.45) is 1.50. The lowest BCUT2D eigenvalue weighted by Crippen LogP contribution is -2.27. The van der Waals surface area contributed by atoms with Gasteiger partial charge in [-0.3, -0.25) is 0 Å². The molecular weight excluding hydrogens is 308 g/mol. The van der Waals surface area contributed by atoms with Crippen molar-refractivity contribution in [2.24, 2.45) is 5.73 Å². The zero-order valence-electron chi connectivity index (χ0n) is 11.7. The third-order valence-corrected chi connectivity index (χ3v) is 4.99. The van der Waals surface area contributed by atoms with E-state index in [9.17, 15) is 8.42 Å². The van der Waals surface area contributed by atoms with Crippen molar-refractivity contribution < 1.29 is 12.8 Å². The summed E-state index contributed by atoms with van der Waals surface area (Å²) in [5, 5.41) is 0. The van der Waals surface area contributed by atoms with E-state index >= 15 is 0 Å². The predicted molar refractivity (Wildman–Crippen MR) is 84.5 cm³/mol. The maximum absolute atomic E-state index is 12.4. The number of rotatable bonds is 5. The van der Waals surface area contributed by atoms with Crippen molar-refractivity contribution in [3.8, 4) is 0 Å². The molecule has 1 aromatic heterocycles. The molecule has 1 atom stereocenters. The zero-order chi connectivity index (χ0) is 15.6. The van der Waals surface area contributed by atoms with Gasteiger partial charge in [-0.05, 0) is 43.7 Å². The van der Waals surface area contributed by atoms with Crippen molar-refractivity contribution in [1.29, 1.82) is 0 Å². The summed E-state index contributed by atoms with van der Waals surface area (Å²) in [6.45, 7) is 3.42. The Balaban J connectivity index is 2.29. The van der Waals surface area contributed by atoms with E-state index in [0.29, 0.717) is 16.9 Å². The van der Waals surface area contributed by atoms with Crippen molar-refractivity contribution in [1.82, 2.24) is 4.72 Å². The molecule has 0 aliphatic rings. The van der Waals surface area contributed by atoms with Crippen molar-refractivity contribution in [2.45, 2.75) is 24.8 Å². The van der Waals surface area contributed by atoms with E-state index in [4.69, 9.17) is 22.4 Å². The van der Waals surface area contributed by atoms with E-state index in [1.807, 2.05) is 0 Å². The molecule has 0 aliphatic heterocycles. The molecule has 0 bridgehead atoms. The van der Waals surface area contributed by atoms with Gasteiger partial charge in [0.2, 0.25) is 10.0 Å². The van der Waals surface area contributed by atoms with E-state index in [0.717, 1.165) is 0 Å². The fourth-order valence-electron chi connectivity index (χ4n) is 2.00. The molecular formula is C14H16N2O3S2. The van der Waals surface area contributed by atoms with E-state index in [-0.39, 0.29) is 9.88 Å². The van der Waals surface area contributed by atoms with Gasteiger partial charge in [0.1, 0.15) is 10.7 Å². The Hall–Kier alpha value is -1.70. The van der Waals surface area contributed by atoms with Crippen LogP contribution >= 0.6 is 12.2 Å². The number of nitrogens with one attached hydrogen (secondary N) is 1. The van der Waals surface area contributed by atoms with Crippen molar-refractivity contribution >= 4 is 27.2 Å². The zero-order valence-corrected chi connectivity index (χ0v) is 13.3. The SMILES string of the molecule is Cc1cc(C(N)=S)ccc1S(=O)(=O)NC(C)c1ccco1. The highest BCUT2D eigenvalue weighted by Gasteiger charge is 2.21. The van der Waals surface area contributed by atoms with Gasteiger partial charge < -0.3 is 10.2 Å². The molecule has 112 valence electrons. The standard InChI is InChI=1S/C14H16N2O3S2/c1-9-8-11(14(15)20)5-6-13(9)21(17,18)16-10(2)12-4-3-7-19-12/h3-8,10,16H,1-2H3,(H2,15,20). The second kappa shape index (κ2) is 5.97. The van der Waals surface area contributed by atoms with Gasteiger partial charge in [0, 0.05) is 5.56 Å². The highest BCUT2D eigenvalue weighted by molar-refractivity contribution is 7.89. The van der Waals surface area contributed by atoms with Crippen LogP contribution in [0.5, 0.6) is 0 Å². The van der Waals surface area contributed by atoms with Crippen LogP contribution in [0.4, 0.5) is 0 Å². The van der Waals surface area contributed by atoms with E-state index in [2.05, 4.69) is 4.72 Å². The van der Waals surface area contributed by atoms with E-state index in [1.54, 1.807) is 38.1 Å². The molecule has 0 radical (unpaired) electrons. The molecule has 1 heterocycles. The molecule has 0 spiro atoms. The molecule has 7 heteroatoms. The first-order valence-corrected chi connectivity index (χ1v) is 8.16. The number of hydrogen-bond acceptors (Lipinski definition) is 4. The van der Waals surface area contributed by atoms with Crippen LogP contribution in [0.15, 0.2) is 45.9 Å². The summed E-state index contributed by atoms with van der Waals surface area (Å²) in [5.41, 5.74) is 6.76. The van der Waals surface area contributed by atoms with Gasteiger partial charge in [-0.2, -0.15) is 0 Å². The Labute approximate surface area is 129 Å². The van der Waals surface area contributed by atoms with Crippen molar-refractivity contribution in [3.05, 3.63) is 53.5 Å². The molecule has 3 N–H and O–H groups in total. The Morgan fingerprint density at radius 1 is 1.38 bits per heavy atom. The second-order valence-electron chi connectivity index (χ2n) is 4.70. The molecule has 0 saturated carbocycles. The molecule has 0 fully saturated rings. The molecule has 2 rings (SSSR count). The van der Waals surface area contributed by atoms with Gasteiger partial charge in [-0.1, -0.05) is 18.3 Å². The van der Waals surface area contributed by atoms with Gasteiger partial charge in [-0.25, -0.2) is 13.1 Å². The highest BCUT2D eigenvalue weighted by atomic mass is 32.2. The maximum atomic E-state index is 12.4. The van der Waals surface area contributed by atoms with Crippen LogP contribution in [0.2, 0.25) is 0 Å². The topological polar surface area (TPSA) is 85.3 Å². The summed E-state index contributed by atoms with van der Waals surface area (Å²) in [6, 6.07) is 7.73. The van der Waals surface area contributed by atoms with Crippen LogP contribution in [0, 0.1) is 6.92 Å². The molecule has 0 aliphatic carbocycles. The third-order valence-electron chi connectivity index (χ3n) is 3.05. The van der Waals surface area contributed by atoms with Gasteiger partial charge in [0.15, 0.2) is 0 Å². The minimum absolute atomic E-state index is 0.195. The van der Waals surface area contributed by atoms with Crippen LogP contribution in [0.1, 0.15) is 29.9 Å². The first-order valence-electron chi connectivity index (χ1n) is 6.27. The Kier molecular flexibility index (Phi) is 4.46. The van der Waals surface area contributed by atoms with Gasteiger partial charge in [0.05, 0.1) is 17.2 Å². The van der Waals surface area contributed by atoms with Gasteiger partial charge in [-0.15, -0.1) is 0 Å². The van der Waals surface area contributed by atoms with E-state index in [1.165, 1.54) is 12.3 Å². The summed E-state index contributed by atoms with van der Waals surface area (Å²) < 4.78 is 32.6. The van der Waals surface area contributed by atoms with Crippen molar-refractivity contribution in [3.63, 3.8) is 0 Å². The number of sulfonamides is 1. The van der Waals surface area contributed by atoms with Crippen LogP contribution < -0.4 is 10.5 Å². The Bertz CT molecular complexity index is 753. The minimum Gasteiger partial charge on any atom is -0.468 e. The Morgan fingerprint density at radius 2 is 2.10 bits per heavy atom. The first-order chi connectivity index (χ1) is 9.81. The molecule has 0 amide bonds. The second-order valence-corrected chi connectivity index (χ2v) is 6.83. The average Bonchev–Trinajstić information content (AvgIpc) is 2.91. The fourth-order valence-corrected chi connectivity index (χ4v) is 3.56. The molecule has 21 heavy (non-hydrogen) atoms. The number of aryl methyl sites for hydroxylation is 1. The molecule has 1 unspecified atom stereocenters. The smallest absolute Gasteiger partial charge is 0.241 e. The van der Waals surface area contributed by atoms with Crippen molar-refractivity contribution in [2.75, 3.05) is 0 Å². The summed E-state index contributed by atoms with van der Waals surface area (Å²) in [7, 11) is -3.65. The van der Waals surface area contributed by atoms with Crippen LogP contribution in [-0.4, -0.2) is 13.4 Å². The normalized spacial score (nSPS) is 13.0. The van der Waals surface area contributed by atoms with Gasteiger partial charge in [0.25, 0.3) is 0 Å². The van der Waals surface area contributed by atoms with Gasteiger partial charge >= 0.3 is 0 Å². The maximum Gasteiger partial charge on any atom is 0.241 e. The highest BCUT2D eigenvalue weighted by Crippen LogP contribution is 2.20. The lowest BCUT2D eigenvalue weighted by Gasteiger charge is -2.14. The van der Waals surface area contributed by atoms with Crippen LogP contribution in [0.25, 0.3) is 0 Å². The Morgan fingerprint density at radius 3 is 2.62 bits per heavy atom. The fraction of sp³-hybridized carbons (Fsp3) is 0.214. The van der Waals surface area contributed by atoms with E-state index < -0.39 is 16.1 Å². The minimum atomic E-state index is -3.65. The third kappa shape index (κ3) is 3.49. The average molecular weight is 324 g/mol.